The number of aliphatic hydroxyl groups excluding tert-OH is 1. The molecule has 0 saturated carbocycles. The van der Waals surface area contributed by atoms with Crippen molar-refractivity contribution in [1.82, 2.24) is 0 Å². The third kappa shape index (κ3) is 5.92. The number of alkyl halides is 6. The van der Waals surface area contributed by atoms with Crippen molar-refractivity contribution >= 4 is 22.6 Å². The van der Waals surface area contributed by atoms with Gasteiger partial charge in [-0.3, -0.25) is 0 Å². The van der Waals surface area contributed by atoms with Crippen LogP contribution in [0.2, 0.25) is 0 Å². The van der Waals surface area contributed by atoms with Crippen molar-refractivity contribution in [2.24, 2.45) is 0 Å². The molecule has 2 aromatic rings. The van der Waals surface area contributed by atoms with Crippen LogP contribution >= 0.6 is 22.6 Å². The topological polar surface area (TPSA) is 47.9 Å². The maximum atomic E-state index is 13.8. The summed E-state index contributed by atoms with van der Waals surface area (Å²) in [6.07, 6.45) is -11.7. The quantitative estimate of drug-likeness (QED) is 0.193. The van der Waals surface area contributed by atoms with Crippen LogP contribution in [0.4, 0.5) is 26.3 Å². The fraction of sp³-hybridized carbons (Fsp3) is 0.455. The van der Waals surface area contributed by atoms with Crippen molar-refractivity contribution in [3.63, 3.8) is 0 Å². The van der Waals surface area contributed by atoms with Crippen molar-refractivity contribution in [3.8, 4) is 11.5 Å². The van der Waals surface area contributed by atoms with Crippen LogP contribution in [0.5, 0.6) is 11.5 Å². The van der Waals surface area contributed by atoms with Crippen LogP contribution in [0.25, 0.3) is 0 Å². The highest BCUT2D eigenvalue weighted by molar-refractivity contribution is 14.1. The standard InChI is InChI=1S/C22H23F6IO4/c1-4-5-15-10-16(20(21(23,24)25,22(26,27)28)32-12-31-3)7-9-18(15)33-19-8-6-14(13(2)30)11-17(19)29/h6-11,13,30H,4-5,12H2,1-3H3. The van der Waals surface area contributed by atoms with Crippen LogP contribution in [0.15, 0.2) is 36.4 Å². The molecule has 1 atom stereocenters. The first kappa shape index (κ1) is 27.7. The monoisotopic (exact) mass is 592 g/mol. The predicted octanol–water partition coefficient (Wildman–Crippen LogP) is 7.03. The zero-order chi connectivity index (χ0) is 25.0. The molecule has 0 fully saturated rings. The Morgan fingerprint density at radius 2 is 1.58 bits per heavy atom. The third-order valence-electron chi connectivity index (χ3n) is 4.84. The molecule has 1 N–H and O–H groups in total. The summed E-state index contributed by atoms with van der Waals surface area (Å²) in [4.78, 5) is 0. The molecule has 4 nitrogen and oxygen atoms in total. The number of methoxy groups -OCH3 is 1. The lowest BCUT2D eigenvalue weighted by molar-refractivity contribution is -0.400. The average Bonchev–Trinajstić information content (AvgIpc) is 2.69. The van der Waals surface area contributed by atoms with Gasteiger partial charge in [0.2, 0.25) is 0 Å². The molecule has 0 spiro atoms. The second kappa shape index (κ2) is 10.8. The van der Waals surface area contributed by atoms with Gasteiger partial charge in [0.15, 0.2) is 0 Å². The molecule has 0 bridgehead atoms. The van der Waals surface area contributed by atoms with Crippen molar-refractivity contribution in [1.29, 1.82) is 0 Å². The van der Waals surface area contributed by atoms with Crippen LogP contribution in [0, 0.1) is 3.57 Å². The number of benzene rings is 2. The SMILES string of the molecule is CCCc1cc(C(OCOC)(C(F)(F)F)C(F)(F)F)ccc1Oc1ccc(C(C)O)cc1I. The first-order valence-corrected chi connectivity index (χ1v) is 10.9. The van der Waals surface area contributed by atoms with Crippen molar-refractivity contribution in [2.45, 2.75) is 50.7 Å². The number of hydrogen-bond acceptors (Lipinski definition) is 4. The number of aryl methyl sites for hydroxylation is 1. The molecule has 0 aliphatic rings. The summed E-state index contributed by atoms with van der Waals surface area (Å²) in [5.41, 5.74) is -4.89. The largest absolute Gasteiger partial charge is 0.456 e. The van der Waals surface area contributed by atoms with E-state index in [4.69, 9.17) is 4.74 Å². The highest BCUT2D eigenvalue weighted by atomic mass is 127. The summed E-state index contributed by atoms with van der Waals surface area (Å²) in [7, 11) is 0.932. The Morgan fingerprint density at radius 1 is 0.970 bits per heavy atom. The average molecular weight is 592 g/mol. The molecule has 0 aromatic heterocycles. The van der Waals surface area contributed by atoms with E-state index in [-0.39, 0.29) is 17.7 Å². The Balaban J connectivity index is 2.60. The smallest absolute Gasteiger partial charge is 0.430 e. The summed E-state index contributed by atoms with van der Waals surface area (Å²) in [5, 5.41) is 9.69. The van der Waals surface area contributed by atoms with E-state index in [9.17, 15) is 31.4 Å². The van der Waals surface area contributed by atoms with E-state index >= 15 is 0 Å². The number of rotatable bonds is 9. The molecule has 0 amide bonds. The van der Waals surface area contributed by atoms with Gasteiger partial charge in [-0.2, -0.15) is 26.3 Å². The minimum Gasteiger partial charge on any atom is -0.456 e. The molecule has 2 rings (SSSR count). The molecule has 0 radical (unpaired) electrons. The van der Waals surface area contributed by atoms with Gasteiger partial charge in [-0.25, -0.2) is 0 Å². The third-order valence-corrected chi connectivity index (χ3v) is 5.68. The van der Waals surface area contributed by atoms with Crippen LogP contribution in [-0.4, -0.2) is 31.4 Å². The lowest BCUT2D eigenvalue weighted by Gasteiger charge is -2.37. The first-order chi connectivity index (χ1) is 15.3. The van der Waals surface area contributed by atoms with Gasteiger partial charge in [-0.15, -0.1) is 0 Å². The van der Waals surface area contributed by atoms with E-state index in [1.54, 1.807) is 32.0 Å². The van der Waals surface area contributed by atoms with Gasteiger partial charge < -0.3 is 19.3 Å². The van der Waals surface area contributed by atoms with Gasteiger partial charge in [0.1, 0.15) is 18.3 Å². The van der Waals surface area contributed by atoms with E-state index in [2.05, 4.69) is 9.47 Å². The summed E-state index contributed by atoms with van der Waals surface area (Å²) in [6.45, 7) is 2.11. The molecule has 33 heavy (non-hydrogen) atoms. The highest BCUT2D eigenvalue weighted by Crippen LogP contribution is 2.53. The Bertz CT molecular complexity index is 929. The number of halogens is 7. The Labute approximate surface area is 201 Å². The van der Waals surface area contributed by atoms with Gasteiger partial charge in [0.05, 0.1) is 9.67 Å². The molecular weight excluding hydrogens is 569 g/mol. The van der Waals surface area contributed by atoms with E-state index in [0.29, 0.717) is 27.4 Å². The van der Waals surface area contributed by atoms with E-state index in [0.717, 1.165) is 19.2 Å². The minimum absolute atomic E-state index is 0.119. The van der Waals surface area contributed by atoms with Crippen LogP contribution in [0.1, 0.15) is 43.1 Å². The lowest BCUT2D eigenvalue weighted by atomic mass is 9.89. The number of aliphatic hydroxyl groups is 1. The maximum absolute atomic E-state index is 13.8. The zero-order valence-electron chi connectivity index (χ0n) is 18.0. The molecule has 0 aliphatic carbocycles. The van der Waals surface area contributed by atoms with Crippen LogP contribution in [0.3, 0.4) is 0 Å². The molecule has 0 heterocycles. The number of hydrogen-bond donors (Lipinski definition) is 1. The second-order valence-corrected chi connectivity index (χ2v) is 8.43. The van der Waals surface area contributed by atoms with E-state index < -0.39 is 36.4 Å². The minimum atomic E-state index is -5.80. The zero-order valence-corrected chi connectivity index (χ0v) is 20.1. The fourth-order valence-corrected chi connectivity index (χ4v) is 3.87. The van der Waals surface area contributed by atoms with Gasteiger partial charge in [0, 0.05) is 12.7 Å². The molecule has 0 saturated heterocycles. The van der Waals surface area contributed by atoms with Crippen molar-refractivity contribution in [3.05, 3.63) is 56.7 Å². The number of ether oxygens (including phenoxy) is 3. The predicted molar refractivity (Wildman–Crippen MR) is 117 cm³/mol. The first-order valence-electron chi connectivity index (χ1n) is 9.83. The van der Waals surface area contributed by atoms with Gasteiger partial charge >= 0.3 is 12.4 Å². The second-order valence-electron chi connectivity index (χ2n) is 7.27. The van der Waals surface area contributed by atoms with Gasteiger partial charge in [-0.05, 0) is 71.3 Å². The summed E-state index contributed by atoms with van der Waals surface area (Å²) in [5.74, 6) is 0.465. The van der Waals surface area contributed by atoms with Gasteiger partial charge in [-0.1, -0.05) is 25.5 Å². The normalized spacial score (nSPS) is 13.8. The lowest BCUT2D eigenvalue weighted by Crippen LogP contribution is -2.56. The van der Waals surface area contributed by atoms with Crippen LogP contribution in [-0.2, 0) is 21.5 Å². The molecule has 1 unspecified atom stereocenters. The van der Waals surface area contributed by atoms with Gasteiger partial charge in [0.25, 0.3) is 5.60 Å². The molecule has 0 aliphatic heterocycles. The van der Waals surface area contributed by atoms with E-state index in [1.807, 2.05) is 22.6 Å². The van der Waals surface area contributed by atoms with Crippen molar-refractivity contribution in [2.75, 3.05) is 13.9 Å². The Morgan fingerprint density at radius 3 is 2.06 bits per heavy atom. The summed E-state index contributed by atoms with van der Waals surface area (Å²) >= 11 is 1.97. The highest BCUT2D eigenvalue weighted by Gasteiger charge is 2.73. The van der Waals surface area contributed by atoms with Crippen LogP contribution < -0.4 is 4.74 Å². The summed E-state index contributed by atoms with van der Waals surface area (Å²) in [6, 6.07) is 7.44. The fourth-order valence-electron chi connectivity index (χ4n) is 3.22. The maximum Gasteiger partial charge on any atom is 0.430 e. The molecule has 2 aromatic carbocycles. The van der Waals surface area contributed by atoms with E-state index in [1.165, 1.54) is 0 Å². The molecular formula is C22H23F6IO4. The summed E-state index contributed by atoms with van der Waals surface area (Å²) < 4.78 is 98.2. The van der Waals surface area contributed by atoms with Crippen molar-refractivity contribution < 1.29 is 45.7 Å². The Hall–Kier alpha value is -1.57. The molecule has 11 heteroatoms. The Kier molecular flexibility index (Phi) is 9.05. The molecule has 184 valence electrons.